The van der Waals surface area contributed by atoms with E-state index in [-0.39, 0.29) is 5.91 Å². The number of amides is 1. The molecule has 1 aliphatic rings. The third kappa shape index (κ3) is 3.92. The summed E-state index contributed by atoms with van der Waals surface area (Å²) in [4.78, 5) is 13.0. The number of benzene rings is 2. The fourth-order valence-electron chi connectivity index (χ4n) is 3.31. The molecule has 1 amide bonds. The highest BCUT2D eigenvalue weighted by Gasteiger charge is 2.21. The second-order valence-electron chi connectivity index (χ2n) is 6.84. The lowest BCUT2D eigenvalue weighted by molar-refractivity contribution is 0.0945. The van der Waals surface area contributed by atoms with Crippen molar-refractivity contribution >= 4 is 5.91 Å². The molecule has 1 aromatic heterocycles. The third-order valence-electron chi connectivity index (χ3n) is 4.90. The third-order valence-corrected chi connectivity index (χ3v) is 4.90. The number of para-hydroxylation sites is 1. The van der Waals surface area contributed by atoms with Gasteiger partial charge in [0.15, 0.2) is 0 Å². The van der Waals surface area contributed by atoms with Gasteiger partial charge in [0.05, 0.1) is 25.0 Å². The molecule has 0 bridgehead atoms. The molecule has 6 nitrogen and oxygen atoms in total. The molecule has 1 unspecified atom stereocenters. The normalized spacial score (nSPS) is 16.1. The van der Waals surface area contributed by atoms with Gasteiger partial charge in [0.2, 0.25) is 0 Å². The molecule has 2 heterocycles. The van der Waals surface area contributed by atoms with Crippen molar-refractivity contribution in [2.24, 2.45) is 5.92 Å². The number of nitrogens with zero attached hydrogens (tertiary/aromatic N) is 2. The van der Waals surface area contributed by atoms with Crippen molar-refractivity contribution < 1.29 is 14.3 Å². The number of nitrogens with one attached hydrogen (secondary N) is 1. The predicted octanol–water partition coefficient (Wildman–Crippen LogP) is 3.31. The van der Waals surface area contributed by atoms with Gasteiger partial charge in [-0.3, -0.25) is 4.79 Å². The van der Waals surface area contributed by atoms with Crippen LogP contribution in [-0.4, -0.2) is 42.6 Å². The van der Waals surface area contributed by atoms with E-state index in [1.165, 1.54) is 0 Å². The van der Waals surface area contributed by atoms with Crippen LogP contribution in [0.4, 0.5) is 0 Å². The van der Waals surface area contributed by atoms with Gasteiger partial charge < -0.3 is 14.8 Å². The van der Waals surface area contributed by atoms with Gasteiger partial charge >= 0.3 is 0 Å². The van der Waals surface area contributed by atoms with Gasteiger partial charge in [-0.15, -0.1) is 0 Å². The maximum absolute atomic E-state index is 13.0. The molecule has 1 atom stereocenters. The van der Waals surface area contributed by atoms with Gasteiger partial charge in [-0.05, 0) is 30.7 Å². The minimum atomic E-state index is -0.132. The molecule has 1 aliphatic heterocycles. The Balaban J connectivity index is 1.68. The van der Waals surface area contributed by atoms with Gasteiger partial charge in [-0.1, -0.05) is 30.3 Å². The molecule has 2 aromatic carbocycles. The van der Waals surface area contributed by atoms with E-state index < -0.39 is 0 Å². The summed E-state index contributed by atoms with van der Waals surface area (Å²) in [6.45, 7) is 2.07. The van der Waals surface area contributed by atoms with E-state index >= 15 is 0 Å². The summed E-state index contributed by atoms with van der Waals surface area (Å²) in [7, 11) is 1.62. The predicted molar refractivity (Wildman–Crippen MR) is 107 cm³/mol. The summed E-state index contributed by atoms with van der Waals surface area (Å²) in [6, 6.07) is 17.4. The highest BCUT2D eigenvalue weighted by molar-refractivity contribution is 6.00. The minimum absolute atomic E-state index is 0.132. The molecule has 0 spiro atoms. The van der Waals surface area contributed by atoms with Crippen LogP contribution in [0.5, 0.6) is 5.75 Å². The van der Waals surface area contributed by atoms with E-state index in [1.807, 2.05) is 54.6 Å². The van der Waals surface area contributed by atoms with Crippen LogP contribution in [-0.2, 0) is 4.74 Å². The Bertz CT molecular complexity index is 947. The van der Waals surface area contributed by atoms with Gasteiger partial charge in [-0.25, -0.2) is 4.68 Å². The van der Waals surface area contributed by atoms with E-state index in [4.69, 9.17) is 14.6 Å². The van der Waals surface area contributed by atoms with Crippen LogP contribution in [0.25, 0.3) is 16.9 Å². The number of ether oxygens (including phenoxy) is 2. The summed E-state index contributed by atoms with van der Waals surface area (Å²) in [5.74, 6) is 0.960. The molecule has 0 saturated carbocycles. The Morgan fingerprint density at radius 1 is 1.25 bits per heavy atom. The second-order valence-corrected chi connectivity index (χ2v) is 6.84. The van der Waals surface area contributed by atoms with Crippen molar-refractivity contribution in [3.63, 3.8) is 0 Å². The first kappa shape index (κ1) is 18.3. The van der Waals surface area contributed by atoms with Crippen molar-refractivity contribution in [1.29, 1.82) is 0 Å². The first-order valence-corrected chi connectivity index (χ1v) is 9.40. The van der Waals surface area contributed by atoms with Crippen molar-refractivity contribution in [3.05, 3.63) is 66.4 Å². The summed E-state index contributed by atoms with van der Waals surface area (Å²) in [5, 5.41) is 7.74. The highest BCUT2D eigenvalue weighted by Crippen LogP contribution is 2.27. The maximum Gasteiger partial charge on any atom is 0.255 e. The van der Waals surface area contributed by atoms with Crippen LogP contribution >= 0.6 is 0 Å². The SMILES string of the molecule is COc1cccc(-c2nn(-c3ccccc3)cc2C(=O)NCC2CCOC2)c1. The summed E-state index contributed by atoms with van der Waals surface area (Å²) in [5.41, 5.74) is 2.90. The smallest absolute Gasteiger partial charge is 0.255 e. The summed E-state index contributed by atoms with van der Waals surface area (Å²) in [6.07, 6.45) is 2.76. The molecular weight excluding hydrogens is 354 g/mol. The monoisotopic (exact) mass is 377 g/mol. The van der Waals surface area contributed by atoms with Crippen LogP contribution < -0.4 is 10.1 Å². The van der Waals surface area contributed by atoms with Crippen LogP contribution in [0.15, 0.2) is 60.8 Å². The maximum atomic E-state index is 13.0. The molecule has 1 saturated heterocycles. The highest BCUT2D eigenvalue weighted by atomic mass is 16.5. The van der Waals surface area contributed by atoms with E-state index in [1.54, 1.807) is 18.0 Å². The molecule has 0 aliphatic carbocycles. The molecule has 6 heteroatoms. The van der Waals surface area contributed by atoms with Gasteiger partial charge in [0, 0.05) is 30.8 Å². The molecular formula is C22H23N3O3. The number of rotatable bonds is 6. The number of hydrogen-bond acceptors (Lipinski definition) is 4. The number of hydrogen-bond donors (Lipinski definition) is 1. The number of methoxy groups -OCH3 is 1. The zero-order valence-corrected chi connectivity index (χ0v) is 15.8. The van der Waals surface area contributed by atoms with Crippen molar-refractivity contribution in [3.8, 4) is 22.7 Å². The largest absolute Gasteiger partial charge is 0.497 e. The van der Waals surface area contributed by atoms with E-state index in [0.29, 0.717) is 30.3 Å². The lowest BCUT2D eigenvalue weighted by atomic mass is 10.1. The number of carbonyl (C=O) groups is 1. The number of carbonyl (C=O) groups excluding carboxylic acids is 1. The Labute approximate surface area is 164 Å². The van der Waals surface area contributed by atoms with E-state index in [0.717, 1.165) is 30.0 Å². The van der Waals surface area contributed by atoms with Crippen molar-refractivity contribution in [1.82, 2.24) is 15.1 Å². The average Bonchev–Trinajstić information content (AvgIpc) is 3.43. The molecule has 0 radical (unpaired) electrons. The van der Waals surface area contributed by atoms with Crippen molar-refractivity contribution in [2.75, 3.05) is 26.9 Å². The fraction of sp³-hybridized carbons (Fsp3) is 0.273. The number of aromatic nitrogens is 2. The lowest BCUT2D eigenvalue weighted by Gasteiger charge is -2.09. The van der Waals surface area contributed by atoms with Crippen LogP contribution in [0.3, 0.4) is 0 Å². The average molecular weight is 377 g/mol. The zero-order chi connectivity index (χ0) is 19.3. The molecule has 3 aromatic rings. The molecule has 144 valence electrons. The Morgan fingerprint density at radius 2 is 2.11 bits per heavy atom. The first-order chi connectivity index (χ1) is 13.7. The molecule has 4 rings (SSSR count). The minimum Gasteiger partial charge on any atom is -0.497 e. The quantitative estimate of drug-likeness (QED) is 0.716. The Kier molecular flexibility index (Phi) is 5.39. The van der Waals surface area contributed by atoms with Gasteiger partial charge in [0.25, 0.3) is 5.91 Å². The standard InChI is InChI=1S/C22H23N3O3/c1-27-19-9-5-6-17(12-19)21-20(22(26)23-13-16-10-11-28-15-16)14-25(24-21)18-7-3-2-4-8-18/h2-9,12,14,16H,10-11,13,15H2,1H3,(H,23,26). The van der Waals surface area contributed by atoms with Gasteiger partial charge in [-0.2, -0.15) is 5.10 Å². The first-order valence-electron chi connectivity index (χ1n) is 9.40. The van der Waals surface area contributed by atoms with Crippen LogP contribution in [0.1, 0.15) is 16.8 Å². The van der Waals surface area contributed by atoms with E-state index in [2.05, 4.69) is 5.32 Å². The van der Waals surface area contributed by atoms with Crippen molar-refractivity contribution in [2.45, 2.75) is 6.42 Å². The van der Waals surface area contributed by atoms with Crippen LogP contribution in [0.2, 0.25) is 0 Å². The fourth-order valence-corrected chi connectivity index (χ4v) is 3.31. The lowest BCUT2D eigenvalue weighted by Crippen LogP contribution is -2.29. The van der Waals surface area contributed by atoms with Gasteiger partial charge in [0.1, 0.15) is 11.4 Å². The zero-order valence-electron chi connectivity index (χ0n) is 15.8. The van der Waals surface area contributed by atoms with Crippen LogP contribution in [0, 0.1) is 5.92 Å². The Hall–Kier alpha value is -3.12. The molecule has 1 N–H and O–H groups in total. The molecule has 1 fully saturated rings. The molecule has 28 heavy (non-hydrogen) atoms. The van der Waals surface area contributed by atoms with E-state index in [9.17, 15) is 4.79 Å². The topological polar surface area (TPSA) is 65.4 Å². The summed E-state index contributed by atoms with van der Waals surface area (Å²) < 4.78 is 12.5. The Morgan fingerprint density at radius 3 is 2.86 bits per heavy atom. The second kappa shape index (κ2) is 8.27. The summed E-state index contributed by atoms with van der Waals surface area (Å²) >= 11 is 0.